The molecule has 0 amide bonds. The van der Waals surface area contributed by atoms with Gasteiger partial charge in [0.15, 0.2) is 25.5 Å². The number of likely N-dealkylation sites (tertiary alicyclic amines) is 1. The van der Waals surface area contributed by atoms with Crippen LogP contribution in [-0.4, -0.2) is 78.1 Å². The molecular formula is C51H58F3N3O8Si. The van der Waals surface area contributed by atoms with Gasteiger partial charge in [0.2, 0.25) is 5.78 Å². The lowest BCUT2D eigenvalue weighted by Gasteiger charge is -2.55. The van der Waals surface area contributed by atoms with Gasteiger partial charge in [0.05, 0.1) is 11.6 Å². The van der Waals surface area contributed by atoms with E-state index in [0.717, 1.165) is 24.0 Å². The van der Waals surface area contributed by atoms with Crippen molar-refractivity contribution in [1.29, 1.82) is 0 Å². The number of fused-ring (bicyclic) bond motifs is 4. The van der Waals surface area contributed by atoms with E-state index in [2.05, 4.69) is 23.2 Å². The van der Waals surface area contributed by atoms with Crippen LogP contribution in [0.2, 0.25) is 18.1 Å². The molecule has 15 heteroatoms. The number of aliphatic hydroxyl groups is 1. The first-order chi connectivity index (χ1) is 31.4. The van der Waals surface area contributed by atoms with Crippen LogP contribution in [0.5, 0.6) is 17.4 Å². The van der Waals surface area contributed by atoms with E-state index in [0.29, 0.717) is 13.1 Å². The highest BCUT2D eigenvalue weighted by Crippen LogP contribution is 2.61. The number of hydrogen-bond donors (Lipinski definition) is 1. The van der Waals surface area contributed by atoms with E-state index in [1.807, 2.05) is 99.4 Å². The Morgan fingerprint density at radius 1 is 0.939 bits per heavy atom. The number of ketones is 2. The van der Waals surface area contributed by atoms with Crippen molar-refractivity contribution in [2.75, 3.05) is 26.2 Å². The maximum atomic E-state index is 15.9. The quantitative estimate of drug-likeness (QED) is 0.0853. The smallest absolute Gasteiger partial charge is 0.508 e. The van der Waals surface area contributed by atoms with Gasteiger partial charge in [-0.15, -0.1) is 26.3 Å². The highest BCUT2D eigenvalue weighted by molar-refractivity contribution is 6.74. The van der Waals surface area contributed by atoms with Crippen molar-refractivity contribution in [3.05, 3.63) is 143 Å². The van der Waals surface area contributed by atoms with Gasteiger partial charge < -0.3 is 28.3 Å². The van der Waals surface area contributed by atoms with Crippen LogP contribution in [0.25, 0.3) is 0 Å². The first kappa shape index (κ1) is 47.0. The van der Waals surface area contributed by atoms with Crippen molar-refractivity contribution in [3.63, 3.8) is 0 Å². The van der Waals surface area contributed by atoms with Crippen LogP contribution in [0.1, 0.15) is 94.8 Å². The van der Waals surface area contributed by atoms with Crippen molar-refractivity contribution in [1.82, 2.24) is 15.0 Å². The Morgan fingerprint density at radius 3 is 2.12 bits per heavy atom. The lowest BCUT2D eigenvalue weighted by molar-refractivity contribution is -0.275. The Labute approximate surface area is 385 Å². The van der Waals surface area contributed by atoms with Crippen LogP contribution in [0, 0.1) is 11.8 Å². The summed E-state index contributed by atoms with van der Waals surface area (Å²) in [6.45, 7) is 20.1. The molecule has 8 rings (SSSR count). The van der Waals surface area contributed by atoms with E-state index in [1.165, 1.54) is 6.07 Å². The number of alkyl halides is 3. The van der Waals surface area contributed by atoms with E-state index in [-0.39, 0.29) is 90.9 Å². The summed E-state index contributed by atoms with van der Waals surface area (Å²) < 4.78 is 74.9. The summed E-state index contributed by atoms with van der Waals surface area (Å²) in [6, 6.07) is 19.2. The van der Waals surface area contributed by atoms with E-state index in [4.69, 9.17) is 23.2 Å². The molecule has 0 spiro atoms. The summed E-state index contributed by atoms with van der Waals surface area (Å²) in [7, 11) is -3.11. The van der Waals surface area contributed by atoms with Crippen molar-refractivity contribution in [3.8, 4) is 17.4 Å². The van der Waals surface area contributed by atoms with Gasteiger partial charge in [-0.05, 0) is 85.2 Å². The Balaban J connectivity index is 1.37. The first-order valence-electron chi connectivity index (χ1n) is 22.6. The van der Waals surface area contributed by atoms with Gasteiger partial charge in [0.1, 0.15) is 36.0 Å². The highest BCUT2D eigenvalue weighted by Gasteiger charge is 2.68. The number of hydrogen-bond acceptors (Lipinski definition) is 11. The fourth-order valence-corrected chi connectivity index (χ4v) is 11.4. The molecule has 1 unspecified atom stereocenters. The van der Waals surface area contributed by atoms with Crippen molar-refractivity contribution < 1.29 is 51.0 Å². The third-order valence-electron chi connectivity index (χ3n) is 13.9. The Hall–Kier alpha value is -5.48. The zero-order valence-corrected chi connectivity index (χ0v) is 39.2. The third-order valence-corrected chi connectivity index (χ3v) is 18.4. The van der Waals surface area contributed by atoms with Crippen LogP contribution in [0.15, 0.2) is 108 Å². The minimum atomic E-state index is -5.10. The summed E-state index contributed by atoms with van der Waals surface area (Å²) in [5, 5.41) is 17.1. The number of nitrogens with zero attached hydrogens (tertiary/aromatic N) is 3. The summed E-state index contributed by atoms with van der Waals surface area (Å²) in [6.07, 6.45) is -0.0384. The van der Waals surface area contributed by atoms with E-state index < -0.39 is 66.3 Å². The first-order valence-corrected chi connectivity index (χ1v) is 25.5. The molecule has 4 atom stereocenters. The second-order valence-electron chi connectivity index (χ2n) is 19.3. The van der Waals surface area contributed by atoms with Gasteiger partial charge in [-0.25, -0.2) is 0 Å². The Morgan fingerprint density at radius 2 is 1.55 bits per heavy atom. The molecule has 11 nitrogen and oxygen atoms in total. The standard InChI is InChI=1S/C51H58F3N3O8Si/c1-8-22-57(23-9-2)42-37-27-34-26-36-40(38(61-30-32-18-12-10-13-19-32)28-35(29-56-24-16-17-25-56)44(36)63-51(52,53)54)43(58)39(34)46(59)50(37,65-66(6,7)49(3,4)5)47(60)41-45(42)64-55-48(41)62-31-33-20-14-11-15-21-33/h8-15,18-21,28,34,37,42,59H,1-2,16-17,22-27,29-31H2,3-7H3/t34-,37-,42-,50?/m0/s1. The largest absolute Gasteiger partial charge is 0.573 e. The highest BCUT2D eigenvalue weighted by atomic mass is 28.4. The second kappa shape index (κ2) is 18.3. The van der Waals surface area contributed by atoms with Crippen LogP contribution >= 0.6 is 0 Å². The normalized spacial score (nSPS) is 22.1. The molecule has 4 aromatic rings. The zero-order chi connectivity index (χ0) is 47.2. The lowest BCUT2D eigenvalue weighted by atomic mass is 9.58. The fraction of sp³-hybridized carbons (Fsp3) is 0.431. The minimum absolute atomic E-state index is 0.00275. The SMILES string of the molecule is C=CCN(CC=C)[C@@H]1c2onc(OCc3ccccc3)c2C(=O)C2(O[Si](C)(C)C(C)(C)C)C(O)=C3C(=O)c4c(OCc5ccccc5)cc(CN5CCCC5)c(OC(F)(F)F)c4C[C@H]3C[C@@H]12. The number of halogens is 3. The molecule has 1 N–H and O–H groups in total. The van der Waals surface area contributed by atoms with E-state index in [9.17, 15) is 18.3 Å². The van der Waals surface area contributed by atoms with Gasteiger partial charge >= 0.3 is 6.36 Å². The molecule has 3 aromatic carbocycles. The van der Waals surface area contributed by atoms with Crippen molar-refractivity contribution in [2.24, 2.45) is 11.8 Å². The number of aliphatic hydroxyl groups excluding tert-OH is 1. The molecule has 66 heavy (non-hydrogen) atoms. The predicted molar refractivity (Wildman–Crippen MR) is 245 cm³/mol. The summed E-state index contributed by atoms with van der Waals surface area (Å²) >= 11 is 0. The number of carbonyl (C=O) groups is 2. The van der Waals surface area contributed by atoms with Crippen LogP contribution in [0.3, 0.4) is 0 Å². The average molecular weight is 926 g/mol. The van der Waals surface area contributed by atoms with Gasteiger partial charge in [-0.3, -0.25) is 19.4 Å². The molecule has 3 aliphatic carbocycles. The second-order valence-corrected chi connectivity index (χ2v) is 24.0. The molecule has 4 aliphatic rings. The number of ether oxygens (including phenoxy) is 3. The number of aromatic nitrogens is 1. The molecule has 2 heterocycles. The molecular weight excluding hydrogens is 868 g/mol. The Kier molecular flexibility index (Phi) is 13.0. The molecule has 1 saturated heterocycles. The number of benzene rings is 3. The van der Waals surface area contributed by atoms with Gasteiger partial charge in [-0.1, -0.05) is 93.6 Å². The maximum Gasteiger partial charge on any atom is 0.573 e. The average Bonchev–Trinajstić information content (AvgIpc) is 3.94. The fourth-order valence-electron chi connectivity index (χ4n) is 9.90. The zero-order valence-electron chi connectivity index (χ0n) is 38.2. The summed E-state index contributed by atoms with van der Waals surface area (Å²) in [4.78, 5) is 35.6. The van der Waals surface area contributed by atoms with Gasteiger partial charge in [0, 0.05) is 42.3 Å². The number of carbonyl (C=O) groups excluding carboxylic acids is 2. The molecule has 1 aromatic heterocycles. The molecule has 1 aliphatic heterocycles. The van der Waals surface area contributed by atoms with Crippen molar-refractivity contribution in [2.45, 2.75) is 102 Å². The number of Topliss-reactive ketones (excluding diaryl/α,β-unsaturated/α-hetero) is 2. The van der Waals surface area contributed by atoms with Gasteiger partial charge in [0.25, 0.3) is 5.88 Å². The molecule has 0 saturated carbocycles. The van der Waals surface area contributed by atoms with Crippen LogP contribution < -0.4 is 14.2 Å². The van der Waals surface area contributed by atoms with E-state index >= 15 is 9.59 Å². The topological polar surface area (TPSA) is 124 Å². The number of rotatable bonds is 16. The predicted octanol–water partition coefficient (Wildman–Crippen LogP) is 10.9. The molecule has 0 bridgehead atoms. The third kappa shape index (κ3) is 8.78. The lowest BCUT2D eigenvalue weighted by Crippen LogP contribution is -2.65. The molecule has 350 valence electrons. The molecule has 0 radical (unpaired) electrons. The van der Waals surface area contributed by atoms with E-state index in [1.54, 1.807) is 12.2 Å². The summed E-state index contributed by atoms with van der Waals surface area (Å²) in [5.41, 5.74) is -0.669. The Bertz CT molecular complexity index is 2500. The molecule has 1 fully saturated rings. The van der Waals surface area contributed by atoms with Crippen LogP contribution in [0.4, 0.5) is 13.2 Å². The number of allylic oxidation sites excluding steroid dienone is 1. The van der Waals surface area contributed by atoms with Gasteiger partial charge in [-0.2, -0.15) is 0 Å². The van der Waals surface area contributed by atoms with Crippen molar-refractivity contribution >= 4 is 19.9 Å². The minimum Gasteiger partial charge on any atom is -0.508 e. The maximum absolute atomic E-state index is 15.9. The summed E-state index contributed by atoms with van der Waals surface area (Å²) in [5.74, 6) is -4.23. The monoisotopic (exact) mass is 925 g/mol. The van der Waals surface area contributed by atoms with Crippen LogP contribution in [-0.2, 0) is 30.6 Å².